The van der Waals surface area contributed by atoms with Crippen molar-refractivity contribution in [3.63, 3.8) is 0 Å². The molecule has 0 saturated heterocycles. The van der Waals surface area contributed by atoms with Gasteiger partial charge in [0, 0.05) is 15.9 Å². The molecule has 0 aromatic heterocycles. The molecule has 2 nitrogen and oxygen atoms in total. The highest BCUT2D eigenvalue weighted by Gasteiger charge is 2.07. The van der Waals surface area contributed by atoms with E-state index >= 15 is 0 Å². The van der Waals surface area contributed by atoms with E-state index in [0.29, 0.717) is 17.0 Å². The molecule has 1 rings (SSSR count). The first-order valence-corrected chi connectivity index (χ1v) is 5.27. The average Bonchev–Trinajstić information content (AvgIpc) is 2.14. The zero-order valence-electron chi connectivity index (χ0n) is 7.46. The monoisotopic (exact) mass is 271 g/mol. The van der Waals surface area contributed by atoms with Gasteiger partial charge in [0.05, 0.1) is 5.56 Å². The molecule has 0 aliphatic carbocycles. The van der Waals surface area contributed by atoms with Crippen molar-refractivity contribution in [2.75, 3.05) is 6.54 Å². The molecule has 0 heterocycles. The predicted octanol–water partition coefficient (Wildman–Crippen LogP) is 2.65. The van der Waals surface area contributed by atoms with E-state index in [2.05, 4.69) is 40.5 Å². The topological polar surface area (TPSA) is 29.1 Å². The van der Waals surface area contributed by atoms with Crippen LogP contribution in [-0.4, -0.2) is 12.5 Å². The van der Waals surface area contributed by atoms with E-state index in [0.717, 1.165) is 4.47 Å². The molecule has 0 aliphatic rings. The molecule has 4 heteroatoms. The van der Waals surface area contributed by atoms with Crippen LogP contribution in [0.2, 0.25) is 0 Å². The van der Waals surface area contributed by atoms with Crippen LogP contribution in [-0.2, 0) is 0 Å². The zero-order valence-corrected chi connectivity index (χ0v) is 9.94. The first-order valence-electron chi connectivity index (χ1n) is 4.02. The summed E-state index contributed by atoms with van der Waals surface area (Å²) in [6.07, 6.45) is 1.63. The van der Waals surface area contributed by atoms with E-state index in [1.165, 1.54) is 0 Å². The zero-order chi connectivity index (χ0) is 10.6. The Hall–Kier alpha value is -0.740. The Balaban J connectivity index is 2.84. The molecular formula is C10H10BrNOS. The highest BCUT2D eigenvalue weighted by Crippen LogP contribution is 2.19. The first-order chi connectivity index (χ1) is 6.65. The van der Waals surface area contributed by atoms with Crippen molar-refractivity contribution in [1.82, 2.24) is 5.32 Å². The Morgan fingerprint density at radius 1 is 1.64 bits per heavy atom. The predicted molar refractivity (Wildman–Crippen MR) is 63.9 cm³/mol. The second-order valence-electron chi connectivity index (χ2n) is 2.66. The van der Waals surface area contributed by atoms with Gasteiger partial charge in [0.2, 0.25) is 0 Å². The Morgan fingerprint density at radius 3 is 2.93 bits per heavy atom. The van der Waals surface area contributed by atoms with Gasteiger partial charge >= 0.3 is 0 Å². The fourth-order valence-electron chi connectivity index (χ4n) is 0.957. The molecule has 0 unspecified atom stereocenters. The van der Waals surface area contributed by atoms with E-state index < -0.39 is 0 Å². The SMILES string of the molecule is C=CCNC(=O)c1ccc(Br)cc1S. The second-order valence-corrected chi connectivity index (χ2v) is 4.06. The molecule has 0 fully saturated rings. The van der Waals surface area contributed by atoms with Gasteiger partial charge in [-0.15, -0.1) is 19.2 Å². The summed E-state index contributed by atoms with van der Waals surface area (Å²) in [5, 5.41) is 2.69. The van der Waals surface area contributed by atoms with Crippen molar-refractivity contribution in [1.29, 1.82) is 0 Å². The highest BCUT2D eigenvalue weighted by atomic mass is 79.9. The number of carbonyl (C=O) groups excluding carboxylic acids is 1. The number of hydrogen-bond donors (Lipinski definition) is 2. The third kappa shape index (κ3) is 2.89. The largest absolute Gasteiger partial charge is 0.349 e. The minimum absolute atomic E-state index is 0.137. The van der Waals surface area contributed by atoms with Crippen LogP contribution in [0.5, 0.6) is 0 Å². The minimum atomic E-state index is -0.137. The second kappa shape index (κ2) is 5.22. The normalized spacial score (nSPS) is 9.57. The Morgan fingerprint density at radius 2 is 2.36 bits per heavy atom. The molecule has 1 amide bonds. The quantitative estimate of drug-likeness (QED) is 0.643. The molecule has 0 saturated carbocycles. The van der Waals surface area contributed by atoms with Crippen LogP contribution in [0.4, 0.5) is 0 Å². The number of halogens is 1. The van der Waals surface area contributed by atoms with Gasteiger partial charge in [0.15, 0.2) is 0 Å². The smallest absolute Gasteiger partial charge is 0.252 e. The molecule has 0 radical (unpaired) electrons. The lowest BCUT2D eigenvalue weighted by atomic mass is 10.2. The molecule has 1 aromatic rings. The Bertz CT molecular complexity index is 365. The van der Waals surface area contributed by atoms with Gasteiger partial charge in [-0.1, -0.05) is 22.0 Å². The standard InChI is InChI=1S/C10H10BrNOS/c1-2-5-12-10(13)8-4-3-7(11)6-9(8)14/h2-4,6,14H,1,5H2,(H,12,13). The summed E-state index contributed by atoms with van der Waals surface area (Å²) in [4.78, 5) is 12.2. The van der Waals surface area contributed by atoms with Gasteiger partial charge in [-0.2, -0.15) is 0 Å². The Kier molecular flexibility index (Phi) is 4.22. The minimum Gasteiger partial charge on any atom is -0.349 e. The van der Waals surface area contributed by atoms with Crippen molar-refractivity contribution in [3.8, 4) is 0 Å². The van der Waals surface area contributed by atoms with Gasteiger partial charge < -0.3 is 5.32 Å². The van der Waals surface area contributed by atoms with Gasteiger partial charge in [0.25, 0.3) is 5.91 Å². The van der Waals surface area contributed by atoms with Crippen LogP contribution in [0.3, 0.4) is 0 Å². The Labute approximate surface area is 96.9 Å². The fourth-order valence-corrected chi connectivity index (χ4v) is 1.81. The molecular weight excluding hydrogens is 262 g/mol. The number of carbonyl (C=O) groups is 1. The van der Waals surface area contributed by atoms with Crippen LogP contribution >= 0.6 is 28.6 Å². The van der Waals surface area contributed by atoms with Crippen LogP contribution in [0.15, 0.2) is 40.2 Å². The van der Waals surface area contributed by atoms with Crippen LogP contribution in [0, 0.1) is 0 Å². The molecule has 1 N–H and O–H groups in total. The number of amides is 1. The van der Waals surface area contributed by atoms with E-state index in [1.807, 2.05) is 6.07 Å². The molecule has 74 valence electrons. The molecule has 0 aliphatic heterocycles. The van der Waals surface area contributed by atoms with Gasteiger partial charge in [-0.25, -0.2) is 0 Å². The molecule has 0 bridgehead atoms. The van der Waals surface area contributed by atoms with Crippen molar-refractivity contribution in [3.05, 3.63) is 40.9 Å². The summed E-state index contributed by atoms with van der Waals surface area (Å²) in [5.41, 5.74) is 0.568. The summed E-state index contributed by atoms with van der Waals surface area (Å²) in [5.74, 6) is -0.137. The maximum atomic E-state index is 11.5. The average molecular weight is 272 g/mol. The summed E-state index contributed by atoms with van der Waals surface area (Å²) >= 11 is 7.51. The van der Waals surface area contributed by atoms with Crippen molar-refractivity contribution < 1.29 is 4.79 Å². The van der Waals surface area contributed by atoms with Gasteiger partial charge in [-0.05, 0) is 18.2 Å². The lowest BCUT2D eigenvalue weighted by Crippen LogP contribution is -2.23. The van der Waals surface area contributed by atoms with Crippen LogP contribution in [0.1, 0.15) is 10.4 Å². The molecule has 1 aromatic carbocycles. The first kappa shape index (κ1) is 11.3. The van der Waals surface area contributed by atoms with Crippen molar-refractivity contribution >= 4 is 34.5 Å². The lowest BCUT2D eigenvalue weighted by Gasteiger charge is -2.05. The van der Waals surface area contributed by atoms with E-state index in [-0.39, 0.29) is 5.91 Å². The third-order valence-electron chi connectivity index (χ3n) is 1.61. The molecule has 14 heavy (non-hydrogen) atoms. The molecule has 0 atom stereocenters. The van der Waals surface area contributed by atoms with Crippen LogP contribution < -0.4 is 5.32 Å². The van der Waals surface area contributed by atoms with Gasteiger partial charge in [-0.3, -0.25) is 4.79 Å². The van der Waals surface area contributed by atoms with Crippen LogP contribution in [0.25, 0.3) is 0 Å². The maximum absolute atomic E-state index is 11.5. The molecule has 0 spiro atoms. The number of nitrogens with one attached hydrogen (secondary N) is 1. The maximum Gasteiger partial charge on any atom is 0.252 e. The number of thiol groups is 1. The number of hydrogen-bond acceptors (Lipinski definition) is 2. The summed E-state index contributed by atoms with van der Waals surface area (Å²) < 4.78 is 0.905. The summed E-state index contributed by atoms with van der Waals surface area (Å²) in [6, 6.07) is 5.32. The number of rotatable bonds is 3. The van der Waals surface area contributed by atoms with E-state index in [1.54, 1.807) is 18.2 Å². The fraction of sp³-hybridized carbons (Fsp3) is 0.100. The number of benzene rings is 1. The van der Waals surface area contributed by atoms with Crippen molar-refractivity contribution in [2.45, 2.75) is 4.90 Å². The highest BCUT2D eigenvalue weighted by molar-refractivity contribution is 9.10. The summed E-state index contributed by atoms with van der Waals surface area (Å²) in [7, 11) is 0. The summed E-state index contributed by atoms with van der Waals surface area (Å²) in [6.45, 7) is 3.98. The van der Waals surface area contributed by atoms with E-state index in [9.17, 15) is 4.79 Å². The van der Waals surface area contributed by atoms with E-state index in [4.69, 9.17) is 0 Å². The third-order valence-corrected chi connectivity index (χ3v) is 2.47. The van der Waals surface area contributed by atoms with Gasteiger partial charge in [0.1, 0.15) is 0 Å². The van der Waals surface area contributed by atoms with Crippen molar-refractivity contribution in [2.24, 2.45) is 0 Å². The lowest BCUT2D eigenvalue weighted by molar-refractivity contribution is 0.0955.